The van der Waals surface area contributed by atoms with Gasteiger partial charge in [0.25, 0.3) is 5.91 Å². The summed E-state index contributed by atoms with van der Waals surface area (Å²) in [6, 6.07) is 16.2. The van der Waals surface area contributed by atoms with Crippen molar-refractivity contribution in [3.05, 3.63) is 54.7 Å². The van der Waals surface area contributed by atoms with E-state index in [0.29, 0.717) is 0 Å². The molecule has 0 radical (unpaired) electrons. The van der Waals surface area contributed by atoms with Crippen molar-refractivity contribution in [1.29, 1.82) is 0 Å². The molecule has 0 saturated carbocycles. The molecule has 0 unspecified atom stereocenters. The number of hydrogen-bond donors (Lipinski definition) is 1. The second-order valence-electron chi connectivity index (χ2n) is 4.27. The molecule has 0 aliphatic rings. The zero-order valence-electron chi connectivity index (χ0n) is 10.1. The van der Waals surface area contributed by atoms with Crippen LogP contribution in [0.1, 0.15) is 6.92 Å². The van der Waals surface area contributed by atoms with E-state index in [1.807, 2.05) is 42.6 Å². The molecule has 0 fully saturated rings. The Bertz CT molecular complexity index is 750. The number of aromatic nitrogens is 1. The van der Waals surface area contributed by atoms with Crippen LogP contribution in [0.5, 0.6) is 0 Å². The Morgan fingerprint density at radius 3 is 2.44 bits per heavy atom. The number of nitrogens with zero attached hydrogens (tertiary/aromatic N) is 1. The third-order valence-corrected chi connectivity index (χ3v) is 2.96. The third kappa shape index (κ3) is 1.70. The van der Waals surface area contributed by atoms with Crippen LogP contribution < -0.4 is 10.1 Å². The predicted octanol–water partition coefficient (Wildman–Crippen LogP) is 2.37. The Balaban J connectivity index is 2.42. The number of carbonyl (C=O) groups excluding carboxylic acids is 1. The van der Waals surface area contributed by atoms with Gasteiger partial charge in [0.2, 0.25) is 11.7 Å². The van der Waals surface area contributed by atoms with Crippen LogP contribution in [0.4, 0.5) is 0 Å². The highest BCUT2D eigenvalue weighted by atomic mass is 16.2. The van der Waals surface area contributed by atoms with E-state index in [1.165, 1.54) is 12.3 Å². The number of hydrogen-bond acceptors (Lipinski definition) is 1. The molecule has 3 nitrogen and oxygen atoms in total. The van der Waals surface area contributed by atoms with E-state index < -0.39 is 0 Å². The molecule has 88 valence electrons. The molecule has 1 heterocycles. The zero-order chi connectivity index (χ0) is 12.5. The van der Waals surface area contributed by atoms with Crippen LogP contribution in [-0.2, 0) is 4.79 Å². The largest absolute Gasteiger partial charge is 0.271 e. The fourth-order valence-corrected chi connectivity index (χ4v) is 2.24. The van der Waals surface area contributed by atoms with Gasteiger partial charge in [-0.3, -0.25) is 4.79 Å². The summed E-state index contributed by atoms with van der Waals surface area (Å²) < 4.78 is 1.78. The van der Waals surface area contributed by atoms with E-state index in [-0.39, 0.29) is 5.91 Å². The monoisotopic (exact) mass is 237 g/mol. The van der Waals surface area contributed by atoms with Crippen LogP contribution in [0.2, 0.25) is 0 Å². The van der Waals surface area contributed by atoms with Crippen molar-refractivity contribution in [1.82, 2.24) is 0 Å². The molecule has 2 aromatic carbocycles. The average molecular weight is 237 g/mol. The molecule has 3 rings (SSSR count). The van der Waals surface area contributed by atoms with Gasteiger partial charge in [0, 0.05) is 23.8 Å². The van der Waals surface area contributed by atoms with Crippen LogP contribution >= 0.6 is 0 Å². The molecule has 1 aromatic heterocycles. The van der Waals surface area contributed by atoms with Crippen molar-refractivity contribution in [3.63, 3.8) is 0 Å². The van der Waals surface area contributed by atoms with Crippen molar-refractivity contribution in [3.8, 4) is 0 Å². The third-order valence-electron chi connectivity index (χ3n) is 2.96. The first-order valence-electron chi connectivity index (χ1n) is 5.85. The lowest BCUT2D eigenvalue weighted by molar-refractivity contribution is -0.613. The second kappa shape index (κ2) is 4.11. The van der Waals surface area contributed by atoms with Gasteiger partial charge in [-0.05, 0) is 12.1 Å². The summed E-state index contributed by atoms with van der Waals surface area (Å²) in [6.45, 7) is 1.51. The lowest BCUT2D eigenvalue weighted by atomic mass is 10.1. The van der Waals surface area contributed by atoms with E-state index in [2.05, 4.69) is 17.6 Å². The summed E-state index contributed by atoms with van der Waals surface area (Å²) in [6.07, 6.45) is 1.94. The van der Waals surface area contributed by atoms with Crippen LogP contribution in [0.3, 0.4) is 0 Å². The summed E-state index contributed by atoms with van der Waals surface area (Å²) >= 11 is 0. The number of pyridine rings is 1. The highest BCUT2D eigenvalue weighted by Crippen LogP contribution is 2.21. The van der Waals surface area contributed by atoms with Crippen LogP contribution in [0.25, 0.3) is 21.7 Å². The molecule has 1 amide bonds. The van der Waals surface area contributed by atoms with Crippen LogP contribution in [0.15, 0.2) is 54.7 Å². The minimum atomic E-state index is -0.0829. The van der Waals surface area contributed by atoms with Gasteiger partial charge in [0.05, 0.1) is 5.39 Å². The molecule has 0 atom stereocenters. The number of nitrogens with one attached hydrogen (secondary N) is 1. The van der Waals surface area contributed by atoms with Crippen molar-refractivity contribution >= 4 is 27.6 Å². The van der Waals surface area contributed by atoms with Crippen molar-refractivity contribution in [2.75, 3.05) is 5.43 Å². The summed E-state index contributed by atoms with van der Waals surface area (Å²) in [5.41, 5.74) is 3.81. The molecule has 0 aliphatic carbocycles. The Hall–Kier alpha value is -2.42. The molecule has 3 heteroatoms. The first-order chi connectivity index (χ1) is 8.75. The molecule has 1 N–H and O–H groups in total. The molecule has 0 saturated heterocycles. The number of fused-ring (bicyclic) bond motifs is 3. The number of rotatable bonds is 1. The second-order valence-corrected chi connectivity index (χ2v) is 4.27. The normalized spacial score (nSPS) is 10.7. The first kappa shape index (κ1) is 10.7. The summed E-state index contributed by atoms with van der Waals surface area (Å²) in [7, 11) is 0. The minimum Gasteiger partial charge on any atom is -0.270 e. The summed E-state index contributed by atoms with van der Waals surface area (Å²) in [5.74, 6) is -0.0829. The number of para-hydroxylation sites is 1. The molecular formula is C15H13N2O+. The summed E-state index contributed by atoms with van der Waals surface area (Å²) in [5, 5.41) is 3.42. The van der Waals surface area contributed by atoms with Crippen molar-refractivity contribution in [2.24, 2.45) is 0 Å². The molecule has 0 aliphatic heterocycles. The SMILES string of the molecule is CC(=O)N[n+]1cc2ccccc2c2ccccc21. The van der Waals surface area contributed by atoms with Crippen LogP contribution in [0, 0.1) is 0 Å². The zero-order valence-corrected chi connectivity index (χ0v) is 10.1. The fraction of sp³-hybridized carbons (Fsp3) is 0.0667. The van der Waals surface area contributed by atoms with E-state index in [4.69, 9.17) is 0 Å². The first-order valence-corrected chi connectivity index (χ1v) is 5.85. The van der Waals surface area contributed by atoms with Gasteiger partial charge in [-0.25, -0.2) is 0 Å². The topological polar surface area (TPSA) is 33.0 Å². The smallest absolute Gasteiger partial charge is 0.270 e. The van der Waals surface area contributed by atoms with Gasteiger partial charge in [0.15, 0.2) is 0 Å². The maximum Gasteiger partial charge on any atom is 0.271 e. The Morgan fingerprint density at radius 1 is 1.00 bits per heavy atom. The van der Waals surface area contributed by atoms with E-state index in [1.54, 1.807) is 4.68 Å². The van der Waals surface area contributed by atoms with Gasteiger partial charge in [0.1, 0.15) is 0 Å². The lowest BCUT2D eigenvalue weighted by Crippen LogP contribution is -2.47. The van der Waals surface area contributed by atoms with Crippen molar-refractivity contribution < 1.29 is 9.47 Å². The molecule has 0 spiro atoms. The highest BCUT2D eigenvalue weighted by Gasteiger charge is 2.13. The van der Waals surface area contributed by atoms with Gasteiger partial charge in [-0.15, -0.1) is 5.43 Å². The van der Waals surface area contributed by atoms with Crippen molar-refractivity contribution in [2.45, 2.75) is 6.92 Å². The lowest BCUT2D eigenvalue weighted by Gasteiger charge is -2.04. The maximum absolute atomic E-state index is 11.3. The Morgan fingerprint density at radius 2 is 1.67 bits per heavy atom. The number of carbonyl (C=O) groups is 1. The molecule has 18 heavy (non-hydrogen) atoms. The van der Waals surface area contributed by atoms with Gasteiger partial charge in [-0.2, -0.15) is 0 Å². The number of amides is 1. The minimum absolute atomic E-state index is 0.0829. The van der Waals surface area contributed by atoms with Gasteiger partial charge >= 0.3 is 0 Å². The van der Waals surface area contributed by atoms with E-state index in [0.717, 1.165) is 16.3 Å². The van der Waals surface area contributed by atoms with Crippen LogP contribution in [-0.4, -0.2) is 5.91 Å². The quantitative estimate of drug-likeness (QED) is 0.511. The predicted molar refractivity (Wildman–Crippen MR) is 71.7 cm³/mol. The fourth-order valence-electron chi connectivity index (χ4n) is 2.24. The Labute approximate surface area is 105 Å². The molecule has 0 bridgehead atoms. The standard InChI is InChI=1S/C15H12N2O/c1-11(18)16-17-10-12-6-2-3-7-13(12)14-8-4-5-9-15(14)17/h2-10H,1H3/p+1. The summed E-state index contributed by atoms with van der Waals surface area (Å²) in [4.78, 5) is 11.3. The average Bonchev–Trinajstić information content (AvgIpc) is 2.38. The number of benzene rings is 2. The molecular weight excluding hydrogens is 224 g/mol. The maximum atomic E-state index is 11.3. The Kier molecular flexibility index (Phi) is 2.45. The van der Waals surface area contributed by atoms with Gasteiger partial charge in [-0.1, -0.05) is 35.0 Å². The highest BCUT2D eigenvalue weighted by molar-refractivity contribution is 6.03. The molecule has 3 aromatic rings. The van der Waals surface area contributed by atoms with E-state index >= 15 is 0 Å². The van der Waals surface area contributed by atoms with E-state index in [9.17, 15) is 4.79 Å². The van der Waals surface area contributed by atoms with Gasteiger partial charge < -0.3 is 0 Å².